The summed E-state index contributed by atoms with van der Waals surface area (Å²) in [5.74, 6) is -0.151. The predicted molar refractivity (Wildman–Crippen MR) is 100 cm³/mol. The molecule has 5 nitrogen and oxygen atoms in total. The number of pyridine rings is 1. The number of carbonyl (C=O) groups is 1. The van der Waals surface area contributed by atoms with E-state index in [9.17, 15) is 4.79 Å². The monoisotopic (exact) mass is 369 g/mol. The molecule has 1 N–H and O–H groups in total. The Kier molecular flexibility index (Phi) is 4.10. The Labute approximate surface area is 152 Å². The lowest BCUT2D eigenvalue weighted by Gasteiger charge is -2.07. The summed E-state index contributed by atoms with van der Waals surface area (Å²) < 4.78 is 5.32. The molecule has 1 amide bonds. The third-order valence-electron chi connectivity index (χ3n) is 3.86. The molecule has 0 spiro atoms. The van der Waals surface area contributed by atoms with E-state index in [2.05, 4.69) is 15.5 Å². The number of carbonyl (C=O) groups excluding carboxylic acids is 1. The van der Waals surface area contributed by atoms with Gasteiger partial charge in [0, 0.05) is 9.75 Å². The number of fused-ring (bicyclic) bond motifs is 1. The minimum atomic E-state index is -0.151. The first-order valence-corrected chi connectivity index (χ1v) is 9.46. The molecule has 0 saturated carbocycles. The Morgan fingerprint density at radius 3 is 2.88 bits per heavy atom. The molecule has 0 unspecified atom stereocenters. The van der Waals surface area contributed by atoms with Crippen LogP contribution in [0.3, 0.4) is 0 Å². The summed E-state index contributed by atoms with van der Waals surface area (Å²) in [7, 11) is 0. The van der Waals surface area contributed by atoms with Crippen LogP contribution in [0.5, 0.6) is 0 Å². The number of amides is 1. The Hall–Kier alpha value is -2.51. The Balaban J connectivity index is 1.75. The van der Waals surface area contributed by atoms with Crippen LogP contribution in [0.2, 0.25) is 0 Å². The normalized spacial score (nSPS) is 11.1. The number of nitrogens with zero attached hydrogens (tertiary/aromatic N) is 2. The van der Waals surface area contributed by atoms with Gasteiger partial charge in [0.2, 0.25) is 0 Å². The van der Waals surface area contributed by atoms with E-state index in [0.717, 1.165) is 15.4 Å². The van der Waals surface area contributed by atoms with Crippen molar-refractivity contribution in [3.8, 4) is 10.6 Å². The summed E-state index contributed by atoms with van der Waals surface area (Å²) in [5, 5.41) is 9.61. The smallest absolute Gasteiger partial charge is 0.259 e. The number of thiophene rings is 2. The third kappa shape index (κ3) is 3.08. The SMILES string of the molecule is Cc1ccc(-c2cc(C(=O)NCc3cccs3)c3c(C)noc3n2)s1. The molecular formula is C18H15N3O2S2. The van der Waals surface area contributed by atoms with Crippen molar-refractivity contribution in [3.63, 3.8) is 0 Å². The predicted octanol–water partition coefficient (Wildman–Crippen LogP) is 4.56. The van der Waals surface area contributed by atoms with E-state index in [0.29, 0.717) is 28.9 Å². The topological polar surface area (TPSA) is 68.0 Å². The number of aryl methyl sites for hydroxylation is 2. The molecule has 0 saturated heterocycles. The molecule has 4 heterocycles. The number of rotatable bonds is 4. The maximum Gasteiger partial charge on any atom is 0.259 e. The molecule has 7 heteroatoms. The van der Waals surface area contributed by atoms with Crippen molar-refractivity contribution in [2.75, 3.05) is 0 Å². The number of hydrogen-bond acceptors (Lipinski definition) is 6. The highest BCUT2D eigenvalue weighted by molar-refractivity contribution is 7.15. The molecule has 25 heavy (non-hydrogen) atoms. The zero-order chi connectivity index (χ0) is 17.4. The molecule has 0 aliphatic heterocycles. The van der Waals surface area contributed by atoms with Crippen molar-refractivity contribution in [1.29, 1.82) is 0 Å². The van der Waals surface area contributed by atoms with Crippen molar-refractivity contribution in [2.45, 2.75) is 20.4 Å². The Bertz CT molecular complexity index is 1050. The molecule has 0 bridgehead atoms. The zero-order valence-corrected chi connectivity index (χ0v) is 15.3. The fraction of sp³-hybridized carbons (Fsp3) is 0.167. The van der Waals surface area contributed by atoms with Crippen LogP contribution in [0.4, 0.5) is 0 Å². The highest BCUT2D eigenvalue weighted by atomic mass is 32.1. The molecule has 4 rings (SSSR count). The van der Waals surface area contributed by atoms with Gasteiger partial charge in [-0.05, 0) is 43.5 Å². The van der Waals surface area contributed by atoms with Crippen molar-refractivity contribution in [3.05, 3.63) is 56.7 Å². The minimum Gasteiger partial charge on any atom is -0.347 e. The summed E-state index contributed by atoms with van der Waals surface area (Å²) in [5.41, 5.74) is 2.32. The molecule has 0 atom stereocenters. The van der Waals surface area contributed by atoms with Gasteiger partial charge in [0.05, 0.1) is 33.8 Å². The summed E-state index contributed by atoms with van der Waals surface area (Å²) >= 11 is 3.25. The van der Waals surface area contributed by atoms with Crippen LogP contribution in [0, 0.1) is 13.8 Å². The zero-order valence-electron chi connectivity index (χ0n) is 13.7. The van der Waals surface area contributed by atoms with Crippen LogP contribution in [0.25, 0.3) is 21.7 Å². The van der Waals surface area contributed by atoms with Crippen LogP contribution < -0.4 is 5.32 Å². The molecule has 4 aromatic heterocycles. The fourth-order valence-corrected chi connectivity index (χ4v) is 4.12. The summed E-state index contributed by atoms with van der Waals surface area (Å²) in [6.07, 6.45) is 0. The molecule has 0 aromatic carbocycles. The largest absolute Gasteiger partial charge is 0.347 e. The van der Waals surface area contributed by atoms with Crippen LogP contribution in [-0.4, -0.2) is 16.0 Å². The molecule has 126 valence electrons. The van der Waals surface area contributed by atoms with Gasteiger partial charge in [-0.15, -0.1) is 22.7 Å². The average Bonchev–Trinajstić information content (AvgIpc) is 3.34. The Morgan fingerprint density at radius 1 is 1.28 bits per heavy atom. The third-order valence-corrected chi connectivity index (χ3v) is 5.76. The lowest BCUT2D eigenvalue weighted by molar-refractivity contribution is 0.0953. The second-order valence-electron chi connectivity index (χ2n) is 5.68. The first kappa shape index (κ1) is 16.0. The average molecular weight is 369 g/mol. The van der Waals surface area contributed by atoms with Crippen LogP contribution in [0.1, 0.15) is 25.8 Å². The van der Waals surface area contributed by atoms with Gasteiger partial charge in [0.1, 0.15) is 0 Å². The summed E-state index contributed by atoms with van der Waals surface area (Å²) in [6.45, 7) is 4.36. The van der Waals surface area contributed by atoms with Gasteiger partial charge in [-0.25, -0.2) is 4.98 Å². The molecule has 4 aromatic rings. The van der Waals surface area contributed by atoms with Crippen LogP contribution in [0.15, 0.2) is 40.2 Å². The Morgan fingerprint density at radius 2 is 2.16 bits per heavy atom. The lowest BCUT2D eigenvalue weighted by atomic mass is 10.1. The quantitative estimate of drug-likeness (QED) is 0.573. The van der Waals surface area contributed by atoms with E-state index in [1.165, 1.54) is 4.88 Å². The molecule has 0 aliphatic carbocycles. The maximum atomic E-state index is 12.8. The fourth-order valence-electron chi connectivity index (χ4n) is 2.65. The number of nitrogens with one attached hydrogen (secondary N) is 1. The molecule has 0 fully saturated rings. The maximum absolute atomic E-state index is 12.8. The van der Waals surface area contributed by atoms with E-state index < -0.39 is 0 Å². The van der Waals surface area contributed by atoms with Gasteiger partial charge in [-0.1, -0.05) is 11.2 Å². The first-order valence-electron chi connectivity index (χ1n) is 7.76. The van der Waals surface area contributed by atoms with Gasteiger partial charge in [0.25, 0.3) is 11.6 Å². The second-order valence-corrected chi connectivity index (χ2v) is 8.00. The van der Waals surface area contributed by atoms with Crippen LogP contribution >= 0.6 is 22.7 Å². The summed E-state index contributed by atoms with van der Waals surface area (Å²) in [4.78, 5) is 20.6. The highest BCUT2D eigenvalue weighted by Gasteiger charge is 2.19. The standard InChI is InChI=1S/C18H15N3O2S2/c1-10-5-6-15(25-10)14-8-13(16-11(2)21-23-18(16)20-14)17(22)19-9-12-4-3-7-24-12/h3-8H,9H2,1-2H3,(H,19,22). The van der Waals surface area contributed by atoms with E-state index in [-0.39, 0.29) is 5.91 Å². The minimum absolute atomic E-state index is 0.151. The first-order chi connectivity index (χ1) is 12.1. The second kappa shape index (κ2) is 6.42. The van der Waals surface area contributed by atoms with Gasteiger partial charge in [-0.3, -0.25) is 4.79 Å². The van der Waals surface area contributed by atoms with Crippen molar-refractivity contribution >= 4 is 39.7 Å². The van der Waals surface area contributed by atoms with Gasteiger partial charge in [0.15, 0.2) is 0 Å². The summed E-state index contributed by atoms with van der Waals surface area (Å²) in [6, 6.07) is 9.83. The van der Waals surface area contributed by atoms with E-state index in [4.69, 9.17) is 4.52 Å². The van der Waals surface area contributed by atoms with E-state index in [1.807, 2.05) is 49.6 Å². The van der Waals surface area contributed by atoms with Crippen molar-refractivity contribution in [2.24, 2.45) is 0 Å². The molecule has 0 radical (unpaired) electrons. The van der Waals surface area contributed by atoms with Gasteiger partial charge >= 0.3 is 0 Å². The highest BCUT2D eigenvalue weighted by Crippen LogP contribution is 2.31. The van der Waals surface area contributed by atoms with Gasteiger partial charge < -0.3 is 9.84 Å². The van der Waals surface area contributed by atoms with E-state index in [1.54, 1.807) is 22.7 Å². The molecule has 0 aliphatic rings. The van der Waals surface area contributed by atoms with Crippen LogP contribution in [-0.2, 0) is 6.54 Å². The number of hydrogen-bond donors (Lipinski definition) is 1. The van der Waals surface area contributed by atoms with Gasteiger partial charge in [-0.2, -0.15) is 0 Å². The number of aromatic nitrogens is 2. The molecular weight excluding hydrogens is 354 g/mol. The van der Waals surface area contributed by atoms with Crippen molar-refractivity contribution in [1.82, 2.24) is 15.5 Å². The van der Waals surface area contributed by atoms with Crippen molar-refractivity contribution < 1.29 is 9.32 Å². The van der Waals surface area contributed by atoms with E-state index >= 15 is 0 Å². The lowest BCUT2D eigenvalue weighted by Crippen LogP contribution is -2.22.